The summed E-state index contributed by atoms with van der Waals surface area (Å²) < 4.78 is 1.97. The van der Waals surface area contributed by atoms with Gasteiger partial charge in [-0.05, 0) is 0 Å². The number of nitrogens with zero attached hydrogens (tertiary/aromatic N) is 4. The molecule has 0 radical (unpaired) electrons. The molecule has 4 nitrogen and oxygen atoms in total. The predicted molar refractivity (Wildman–Crippen MR) is 71.9 cm³/mol. The molecule has 0 bridgehead atoms. The molecule has 3 rings (SSSR count). The van der Waals surface area contributed by atoms with Crippen LogP contribution in [0.1, 0.15) is 0 Å². The van der Waals surface area contributed by atoms with Crippen LogP contribution in [-0.4, -0.2) is 15.2 Å². The van der Waals surface area contributed by atoms with E-state index < -0.39 is 0 Å². The quantitative estimate of drug-likeness (QED) is 0.427. The van der Waals surface area contributed by atoms with Crippen LogP contribution in [0, 0.1) is 0 Å². The van der Waals surface area contributed by atoms with Gasteiger partial charge < -0.3 is 24.0 Å². The third-order valence-corrected chi connectivity index (χ3v) is 2.87. The number of halogens is 1. The first-order valence-electron chi connectivity index (χ1n) is 6.04. The van der Waals surface area contributed by atoms with Gasteiger partial charge in [-0.25, -0.2) is 9.55 Å². The van der Waals surface area contributed by atoms with Crippen LogP contribution >= 0.6 is 0 Å². The first-order valence-corrected chi connectivity index (χ1v) is 6.04. The summed E-state index contributed by atoms with van der Waals surface area (Å²) in [6, 6.07) is 13.9. The Labute approximate surface area is 134 Å². The Balaban J connectivity index is 0.00000147. The minimum Gasteiger partial charge on any atom is -1.00 e. The van der Waals surface area contributed by atoms with Crippen LogP contribution in [0.15, 0.2) is 61.1 Å². The van der Waals surface area contributed by atoms with Gasteiger partial charge in [0.1, 0.15) is 12.7 Å². The Kier molecular flexibility index (Phi) is 4.73. The molecule has 0 fully saturated rings. The molecule has 20 heavy (non-hydrogen) atoms. The van der Waals surface area contributed by atoms with E-state index in [0.29, 0.717) is 5.82 Å². The van der Waals surface area contributed by atoms with E-state index in [2.05, 4.69) is 15.2 Å². The third-order valence-electron chi connectivity index (χ3n) is 2.87. The minimum absolute atomic E-state index is 0. The maximum absolute atomic E-state index is 4.37. The lowest BCUT2D eigenvalue weighted by Crippen LogP contribution is -3.00. The molecule has 3 aromatic rings. The van der Waals surface area contributed by atoms with Crippen LogP contribution in [0.3, 0.4) is 0 Å². The van der Waals surface area contributed by atoms with E-state index in [1.807, 2.05) is 66.5 Å². The van der Waals surface area contributed by atoms with E-state index in [9.17, 15) is 0 Å². The number of pyridine rings is 1. The second kappa shape index (κ2) is 6.51. The Morgan fingerprint density at radius 3 is 2.15 bits per heavy atom. The predicted octanol–water partition coefficient (Wildman–Crippen LogP) is -0.966. The molecule has 0 saturated heterocycles. The number of hydrogen-bond donors (Lipinski definition) is 0. The Morgan fingerprint density at radius 2 is 1.55 bits per heavy atom. The van der Waals surface area contributed by atoms with Crippen molar-refractivity contribution in [2.24, 2.45) is 7.05 Å². The van der Waals surface area contributed by atoms with Gasteiger partial charge in [0.05, 0.1) is 6.20 Å². The molecule has 0 N–H and O–H groups in total. The molecule has 0 spiro atoms. The van der Waals surface area contributed by atoms with Crippen LogP contribution in [-0.2, 0) is 7.05 Å². The summed E-state index contributed by atoms with van der Waals surface area (Å²) in [5, 5.41) is 8.41. The van der Waals surface area contributed by atoms with Crippen molar-refractivity contribution in [3.05, 3.63) is 61.1 Å². The van der Waals surface area contributed by atoms with Gasteiger partial charge in [-0.1, -0.05) is 30.3 Å². The molecule has 0 aliphatic heterocycles. The first-order chi connectivity index (χ1) is 9.33. The van der Waals surface area contributed by atoms with Crippen molar-refractivity contribution in [1.29, 1.82) is 0 Å². The van der Waals surface area contributed by atoms with Gasteiger partial charge in [0, 0.05) is 23.3 Å². The summed E-state index contributed by atoms with van der Waals surface area (Å²) in [7, 11) is 1.97. The van der Waals surface area contributed by atoms with E-state index in [0.717, 1.165) is 16.8 Å². The lowest BCUT2D eigenvalue weighted by atomic mass is 10.2. The summed E-state index contributed by atoms with van der Waals surface area (Å²) in [4.78, 5) is 4.37. The number of benzene rings is 1. The maximum atomic E-state index is 4.37. The molecule has 0 amide bonds. The second-order valence-electron chi connectivity index (χ2n) is 4.29. The van der Waals surface area contributed by atoms with Crippen LogP contribution in [0.2, 0.25) is 0 Å². The zero-order chi connectivity index (χ0) is 13.1. The first kappa shape index (κ1) is 14.5. The van der Waals surface area contributed by atoms with Crippen molar-refractivity contribution in [1.82, 2.24) is 15.2 Å². The standard InChI is InChI=1S/C15H13N4.HI/c1-19-9-7-13(8-10-19)15-16-11-14(17-18-15)12-5-3-2-4-6-12;/h2-11H,1H3;1H/q+1;/p-1. The summed E-state index contributed by atoms with van der Waals surface area (Å²) >= 11 is 0. The van der Waals surface area contributed by atoms with Crippen molar-refractivity contribution in [2.45, 2.75) is 0 Å². The van der Waals surface area contributed by atoms with E-state index >= 15 is 0 Å². The number of hydrogen-bond acceptors (Lipinski definition) is 3. The minimum atomic E-state index is 0. The normalized spacial score (nSPS) is 9.85. The molecule has 2 heterocycles. The highest BCUT2D eigenvalue weighted by Gasteiger charge is 2.05. The zero-order valence-electron chi connectivity index (χ0n) is 10.9. The number of aromatic nitrogens is 4. The van der Waals surface area contributed by atoms with Crippen molar-refractivity contribution in [3.8, 4) is 22.6 Å². The molecule has 0 aliphatic carbocycles. The zero-order valence-corrected chi connectivity index (χ0v) is 13.1. The highest BCUT2D eigenvalue weighted by atomic mass is 127. The monoisotopic (exact) mass is 376 g/mol. The van der Waals surface area contributed by atoms with Crippen LogP contribution in [0.4, 0.5) is 0 Å². The molecule has 0 unspecified atom stereocenters. The average molecular weight is 376 g/mol. The second-order valence-corrected chi connectivity index (χ2v) is 4.29. The van der Waals surface area contributed by atoms with Gasteiger partial charge in [0.15, 0.2) is 18.2 Å². The van der Waals surface area contributed by atoms with Gasteiger partial charge in [0.2, 0.25) is 0 Å². The van der Waals surface area contributed by atoms with Gasteiger partial charge in [-0.3, -0.25) is 0 Å². The number of rotatable bonds is 2. The summed E-state index contributed by atoms with van der Waals surface area (Å²) in [6.45, 7) is 0. The third kappa shape index (κ3) is 3.16. The van der Waals surface area contributed by atoms with Crippen LogP contribution in [0.5, 0.6) is 0 Å². The van der Waals surface area contributed by atoms with Gasteiger partial charge >= 0.3 is 0 Å². The molecular weight excluding hydrogens is 363 g/mol. The largest absolute Gasteiger partial charge is 1.00 e. The SMILES string of the molecule is C[n+]1ccc(-c2ncc(-c3ccccc3)nn2)cc1.[I-]. The molecular formula is C15H13IN4. The molecule has 1 aromatic carbocycles. The molecule has 2 aromatic heterocycles. The summed E-state index contributed by atoms with van der Waals surface area (Å²) in [5.41, 5.74) is 2.77. The fourth-order valence-corrected chi connectivity index (χ4v) is 1.80. The molecule has 0 atom stereocenters. The van der Waals surface area contributed by atoms with Crippen LogP contribution < -0.4 is 28.5 Å². The fraction of sp³-hybridized carbons (Fsp3) is 0.0667. The summed E-state index contributed by atoms with van der Waals surface area (Å²) in [6.07, 6.45) is 5.68. The van der Waals surface area contributed by atoms with Crippen molar-refractivity contribution in [3.63, 3.8) is 0 Å². The average Bonchev–Trinajstić information content (AvgIpc) is 2.49. The van der Waals surface area contributed by atoms with E-state index in [1.165, 1.54) is 0 Å². The molecule has 0 saturated carbocycles. The molecule has 0 aliphatic rings. The van der Waals surface area contributed by atoms with Crippen molar-refractivity contribution in [2.75, 3.05) is 0 Å². The smallest absolute Gasteiger partial charge is 0.182 e. The van der Waals surface area contributed by atoms with Gasteiger partial charge in [0.25, 0.3) is 0 Å². The highest BCUT2D eigenvalue weighted by molar-refractivity contribution is 5.59. The van der Waals surface area contributed by atoms with Crippen LogP contribution in [0.25, 0.3) is 22.6 Å². The Hall–Kier alpha value is -1.89. The lowest BCUT2D eigenvalue weighted by molar-refractivity contribution is -0.671. The maximum Gasteiger partial charge on any atom is 0.182 e. The molecule has 100 valence electrons. The topological polar surface area (TPSA) is 42.5 Å². The number of aryl methyl sites for hydroxylation is 1. The van der Waals surface area contributed by atoms with Gasteiger partial charge in [-0.2, -0.15) is 0 Å². The van der Waals surface area contributed by atoms with Gasteiger partial charge in [-0.15, -0.1) is 10.2 Å². The molecule has 5 heteroatoms. The Bertz CT molecular complexity index is 667. The van der Waals surface area contributed by atoms with E-state index in [-0.39, 0.29) is 24.0 Å². The lowest BCUT2D eigenvalue weighted by Gasteiger charge is -2.01. The fourth-order valence-electron chi connectivity index (χ4n) is 1.80. The highest BCUT2D eigenvalue weighted by Crippen LogP contribution is 2.16. The van der Waals surface area contributed by atoms with E-state index in [1.54, 1.807) is 6.20 Å². The van der Waals surface area contributed by atoms with Crippen molar-refractivity contribution >= 4 is 0 Å². The van der Waals surface area contributed by atoms with Crippen molar-refractivity contribution < 1.29 is 28.5 Å². The Morgan fingerprint density at radius 1 is 0.850 bits per heavy atom. The van der Waals surface area contributed by atoms with E-state index in [4.69, 9.17) is 0 Å². The summed E-state index contributed by atoms with van der Waals surface area (Å²) in [5.74, 6) is 0.639.